The summed E-state index contributed by atoms with van der Waals surface area (Å²) in [5.41, 5.74) is -0.814. The fourth-order valence-corrected chi connectivity index (χ4v) is 2.47. The van der Waals surface area contributed by atoms with Gasteiger partial charge in [-0.2, -0.15) is 13.2 Å². The van der Waals surface area contributed by atoms with E-state index in [1.165, 1.54) is 0 Å². The van der Waals surface area contributed by atoms with Crippen LogP contribution in [0.3, 0.4) is 0 Å². The van der Waals surface area contributed by atoms with E-state index < -0.39 is 18.2 Å². The highest BCUT2D eigenvalue weighted by Crippen LogP contribution is 2.46. The summed E-state index contributed by atoms with van der Waals surface area (Å²) in [4.78, 5) is 0. The molecule has 0 unspecified atom stereocenters. The molecule has 1 aliphatic heterocycles. The summed E-state index contributed by atoms with van der Waals surface area (Å²) in [6.07, 6.45) is -5.10. The molecule has 2 atom stereocenters. The van der Waals surface area contributed by atoms with Crippen molar-refractivity contribution < 1.29 is 23.0 Å². The van der Waals surface area contributed by atoms with Gasteiger partial charge in [-0.15, -0.1) is 0 Å². The molecule has 0 spiro atoms. The highest BCUT2D eigenvalue weighted by molar-refractivity contribution is 5.24. The van der Waals surface area contributed by atoms with Gasteiger partial charge < -0.3 is 9.84 Å². The highest BCUT2D eigenvalue weighted by Gasteiger charge is 2.49. The second kappa shape index (κ2) is 4.90. The number of halogens is 3. The van der Waals surface area contributed by atoms with E-state index >= 15 is 0 Å². The molecule has 5 heteroatoms. The lowest BCUT2D eigenvalue weighted by Crippen LogP contribution is -2.32. The van der Waals surface area contributed by atoms with Crippen LogP contribution < -0.4 is 0 Å². The summed E-state index contributed by atoms with van der Waals surface area (Å²) < 4.78 is 43.6. The van der Waals surface area contributed by atoms with Crippen molar-refractivity contribution in [2.75, 3.05) is 13.2 Å². The summed E-state index contributed by atoms with van der Waals surface area (Å²) in [6.45, 7) is 0.0217. The molecule has 0 aromatic heterocycles. The summed E-state index contributed by atoms with van der Waals surface area (Å²) >= 11 is 0. The van der Waals surface area contributed by atoms with Crippen molar-refractivity contribution >= 4 is 0 Å². The molecule has 100 valence electrons. The zero-order valence-electron chi connectivity index (χ0n) is 9.78. The average Bonchev–Trinajstić information content (AvgIpc) is 2.73. The molecule has 0 aliphatic carbocycles. The SMILES string of the molecule is OC[C@@H]1CO[C@@](CC(F)(F)F)(c2ccccc2)C1. The highest BCUT2D eigenvalue weighted by atomic mass is 19.4. The molecule has 1 fully saturated rings. The maximum Gasteiger partial charge on any atom is 0.392 e. The second-order valence-corrected chi connectivity index (χ2v) is 4.72. The number of benzene rings is 1. The molecule has 0 amide bonds. The second-order valence-electron chi connectivity index (χ2n) is 4.72. The first kappa shape index (κ1) is 13.4. The van der Waals surface area contributed by atoms with Crippen molar-refractivity contribution in [3.63, 3.8) is 0 Å². The van der Waals surface area contributed by atoms with Crippen LogP contribution in [-0.2, 0) is 10.3 Å². The Morgan fingerprint density at radius 3 is 2.44 bits per heavy atom. The lowest BCUT2D eigenvalue weighted by Gasteiger charge is -2.30. The third kappa shape index (κ3) is 2.84. The van der Waals surface area contributed by atoms with E-state index in [-0.39, 0.29) is 25.6 Å². The quantitative estimate of drug-likeness (QED) is 0.905. The number of ether oxygens (including phenoxy) is 1. The Hall–Kier alpha value is -1.07. The Kier molecular flexibility index (Phi) is 3.64. The summed E-state index contributed by atoms with van der Waals surface area (Å²) in [5, 5.41) is 9.08. The lowest BCUT2D eigenvalue weighted by atomic mass is 9.84. The molecule has 1 N–H and O–H groups in total. The average molecular weight is 260 g/mol. The Morgan fingerprint density at radius 2 is 1.94 bits per heavy atom. The van der Waals surface area contributed by atoms with Crippen LogP contribution in [0, 0.1) is 5.92 Å². The molecule has 0 bridgehead atoms. The van der Waals surface area contributed by atoms with Crippen LogP contribution in [0.2, 0.25) is 0 Å². The Morgan fingerprint density at radius 1 is 1.28 bits per heavy atom. The van der Waals surface area contributed by atoms with Gasteiger partial charge in [0.25, 0.3) is 0 Å². The van der Waals surface area contributed by atoms with E-state index in [0.717, 1.165) is 0 Å². The van der Waals surface area contributed by atoms with Crippen LogP contribution >= 0.6 is 0 Å². The van der Waals surface area contributed by atoms with Gasteiger partial charge in [-0.1, -0.05) is 30.3 Å². The normalized spacial score (nSPS) is 28.6. The van der Waals surface area contributed by atoms with E-state index in [1.807, 2.05) is 0 Å². The first-order chi connectivity index (χ1) is 8.45. The zero-order valence-corrected chi connectivity index (χ0v) is 9.78. The molecule has 1 aromatic carbocycles. The maximum absolute atomic E-state index is 12.7. The topological polar surface area (TPSA) is 29.5 Å². The monoisotopic (exact) mass is 260 g/mol. The molecule has 1 aromatic rings. The predicted molar refractivity (Wildman–Crippen MR) is 59.9 cm³/mol. The van der Waals surface area contributed by atoms with Gasteiger partial charge in [0.05, 0.1) is 13.0 Å². The van der Waals surface area contributed by atoms with E-state index in [4.69, 9.17) is 9.84 Å². The van der Waals surface area contributed by atoms with Crippen molar-refractivity contribution in [3.05, 3.63) is 35.9 Å². The minimum absolute atomic E-state index is 0.146. The number of aliphatic hydroxyl groups excluding tert-OH is 1. The molecule has 0 radical (unpaired) electrons. The van der Waals surface area contributed by atoms with Gasteiger partial charge >= 0.3 is 6.18 Å². The molecule has 18 heavy (non-hydrogen) atoms. The van der Waals surface area contributed by atoms with Gasteiger partial charge in [0.2, 0.25) is 0 Å². The van der Waals surface area contributed by atoms with Gasteiger partial charge in [-0.05, 0) is 12.0 Å². The summed E-state index contributed by atoms with van der Waals surface area (Å²) in [5.74, 6) is -0.229. The predicted octanol–water partition coefficient (Wildman–Crippen LogP) is 2.86. The fraction of sp³-hybridized carbons (Fsp3) is 0.538. The van der Waals surface area contributed by atoms with Crippen LogP contribution in [0.1, 0.15) is 18.4 Å². The van der Waals surface area contributed by atoms with Crippen LogP contribution in [0.25, 0.3) is 0 Å². The van der Waals surface area contributed by atoms with E-state index in [0.29, 0.717) is 5.56 Å². The number of rotatable bonds is 3. The summed E-state index contributed by atoms with van der Waals surface area (Å²) in [6, 6.07) is 8.44. The van der Waals surface area contributed by atoms with Gasteiger partial charge in [0.15, 0.2) is 0 Å². The number of aliphatic hydroxyl groups is 1. The number of alkyl halides is 3. The number of hydrogen-bond acceptors (Lipinski definition) is 2. The summed E-state index contributed by atoms with van der Waals surface area (Å²) in [7, 11) is 0. The van der Waals surface area contributed by atoms with Crippen molar-refractivity contribution in [1.82, 2.24) is 0 Å². The largest absolute Gasteiger partial charge is 0.396 e. The van der Waals surface area contributed by atoms with Crippen LogP contribution in [0.4, 0.5) is 13.2 Å². The smallest absolute Gasteiger partial charge is 0.392 e. The molecular weight excluding hydrogens is 245 g/mol. The molecular formula is C13H15F3O2. The van der Waals surface area contributed by atoms with Crippen LogP contribution in [0.5, 0.6) is 0 Å². The van der Waals surface area contributed by atoms with E-state index in [9.17, 15) is 13.2 Å². The molecule has 0 saturated carbocycles. The Labute approximate surface area is 103 Å². The van der Waals surface area contributed by atoms with Gasteiger partial charge in [0, 0.05) is 12.5 Å². The van der Waals surface area contributed by atoms with Crippen molar-refractivity contribution in [2.24, 2.45) is 5.92 Å². The number of hydrogen-bond donors (Lipinski definition) is 1. The fourth-order valence-electron chi connectivity index (χ4n) is 2.47. The van der Waals surface area contributed by atoms with E-state index in [2.05, 4.69) is 0 Å². The van der Waals surface area contributed by atoms with Crippen molar-refractivity contribution in [2.45, 2.75) is 24.6 Å². The van der Waals surface area contributed by atoms with Crippen molar-refractivity contribution in [1.29, 1.82) is 0 Å². The molecule has 1 aliphatic rings. The molecule has 2 rings (SSSR count). The zero-order chi connectivity index (χ0) is 13.2. The minimum atomic E-state index is -4.29. The lowest BCUT2D eigenvalue weighted by molar-refractivity contribution is -0.181. The third-order valence-corrected chi connectivity index (χ3v) is 3.26. The van der Waals surface area contributed by atoms with Crippen LogP contribution in [0.15, 0.2) is 30.3 Å². The minimum Gasteiger partial charge on any atom is -0.396 e. The maximum atomic E-state index is 12.7. The first-order valence-corrected chi connectivity index (χ1v) is 5.82. The standard InChI is InChI=1S/C13H15F3O2/c14-13(15,16)9-12(6-10(7-17)8-18-12)11-4-2-1-3-5-11/h1-5,10,17H,6-9H2/t10-,12+/m1/s1. The molecule has 1 heterocycles. The van der Waals surface area contributed by atoms with Crippen molar-refractivity contribution in [3.8, 4) is 0 Å². The Bertz CT molecular complexity index is 391. The van der Waals surface area contributed by atoms with E-state index in [1.54, 1.807) is 30.3 Å². The van der Waals surface area contributed by atoms with Gasteiger partial charge in [-0.25, -0.2) is 0 Å². The molecule has 1 saturated heterocycles. The Balaban J connectivity index is 2.30. The van der Waals surface area contributed by atoms with Gasteiger partial charge in [-0.3, -0.25) is 0 Å². The third-order valence-electron chi connectivity index (χ3n) is 3.26. The van der Waals surface area contributed by atoms with Crippen LogP contribution in [-0.4, -0.2) is 24.5 Å². The molecule has 2 nitrogen and oxygen atoms in total. The first-order valence-electron chi connectivity index (χ1n) is 5.82. The van der Waals surface area contributed by atoms with Gasteiger partial charge in [0.1, 0.15) is 5.60 Å².